The fourth-order valence-corrected chi connectivity index (χ4v) is 2.35. The highest BCUT2D eigenvalue weighted by molar-refractivity contribution is 6.30. The molecule has 0 aliphatic rings. The average Bonchev–Trinajstić information content (AvgIpc) is 2.86. The molecule has 108 valence electrons. The van der Waals surface area contributed by atoms with Gasteiger partial charge in [0.15, 0.2) is 0 Å². The summed E-state index contributed by atoms with van der Waals surface area (Å²) in [7, 11) is 3.74. The van der Waals surface area contributed by atoms with Gasteiger partial charge in [0, 0.05) is 36.4 Å². The molecule has 0 radical (unpaired) electrons. The van der Waals surface area contributed by atoms with E-state index in [4.69, 9.17) is 16.3 Å². The molecule has 0 atom stereocenters. The predicted octanol–water partition coefficient (Wildman–Crippen LogP) is 3.20. The molecule has 4 nitrogen and oxygen atoms in total. The van der Waals surface area contributed by atoms with Gasteiger partial charge in [-0.3, -0.25) is 9.58 Å². The quantitative estimate of drug-likeness (QED) is 0.819. The number of methoxy groups -OCH3 is 1. The van der Waals surface area contributed by atoms with Crippen molar-refractivity contribution < 1.29 is 4.74 Å². The third-order valence-corrected chi connectivity index (χ3v) is 3.37. The maximum Gasteiger partial charge on any atom is 0.123 e. The van der Waals surface area contributed by atoms with Gasteiger partial charge in [0.2, 0.25) is 0 Å². The lowest BCUT2D eigenvalue weighted by molar-refractivity contribution is 0.305. The van der Waals surface area contributed by atoms with Gasteiger partial charge in [-0.15, -0.1) is 0 Å². The molecule has 0 amide bonds. The lowest BCUT2D eigenvalue weighted by Gasteiger charge is -2.17. The van der Waals surface area contributed by atoms with Crippen molar-refractivity contribution in [2.75, 3.05) is 14.2 Å². The van der Waals surface area contributed by atoms with Crippen LogP contribution in [-0.2, 0) is 19.6 Å². The number of ether oxygens (including phenoxy) is 1. The number of halogens is 1. The van der Waals surface area contributed by atoms with Crippen LogP contribution in [0.15, 0.2) is 30.5 Å². The molecule has 0 unspecified atom stereocenters. The van der Waals surface area contributed by atoms with Gasteiger partial charge in [0.25, 0.3) is 0 Å². The molecule has 2 aromatic rings. The van der Waals surface area contributed by atoms with Gasteiger partial charge < -0.3 is 4.74 Å². The molecule has 0 fully saturated rings. The minimum absolute atomic E-state index is 0.726. The summed E-state index contributed by atoms with van der Waals surface area (Å²) in [5.74, 6) is 0.861. The second-order valence-corrected chi connectivity index (χ2v) is 5.23. The lowest BCUT2D eigenvalue weighted by Crippen LogP contribution is -2.18. The van der Waals surface area contributed by atoms with Crippen LogP contribution in [0.5, 0.6) is 5.75 Å². The lowest BCUT2D eigenvalue weighted by atomic mass is 10.2. The summed E-state index contributed by atoms with van der Waals surface area (Å²) in [5.41, 5.74) is 2.15. The van der Waals surface area contributed by atoms with Crippen LogP contribution in [0.4, 0.5) is 0 Å². The van der Waals surface area contributed by atoms with Crippen LogP contribution in [0.3, 0.4) is 0 Å². The molecule has 0 N–H and O–H groups in total. The maximum atomic E-state index is 6.05. The smallest absolute Gasteiger partial charge is 0.123 e. The second-order valence-electron chi connectivity index (χ2n) is 4.79. The van der Waals surface area contributed by atoms with E-state index in [9.17, 15) is 0 Å². The topological polar surface area (TPSA) is 30.3 Å². The van der Waals surface area contributed by atoms with Gasteiger partial charge in [-0.25, -0.2) is 0 Å². The van der Waals surface area contributed by atoms with Crippen molar-refractivity contribution >= 4 is 11.6 Å². The molecule has 0 aliphatic carbocycles. The molecule has 0 aliphatic heterocycles. The Morgan fingerprint density at radius 1 is 1.30 bits per heavy atom. The molecule has 0 saturated carbocycles. The van der Waals surface area contributed by atoms with Crippen molar-refractivity contribution in [3.63, 3.8) is 0 Å². The van der Waals surface area contributed by atoms with Gasteiger partial charge in [-0.1, -0.05) is 11.6 Å². The van der Waals surface area contributed by atoms with E-state index in [0.29, 0.717) is 0 Å². The Morgan fingerprint density at radius 3 is 2.75 bits per heavy atom. The normalized spacial score (nSPS) is 11.1. The van der Waals surface area contributed by atoms with E-state index in [-0.39, 0.29) is 0 Å². The number of hydrogen-bond donors (Lipinski definition) is 0. The average molecular weight is 294 g/mol. The zero-order chi connectivity index (χ0) is 14.5. The van der Waals surface area contributed by atoms with E-state index in [1.807, 2.05) is 29.1 Å². The van der Waals surface area contributed by atoms with E-state index in [2.05, 4.69) is 30.0 Å². The Morgan fingerprint density at radius 2 is 2.10 bits per heavy atom. The van der Waals surface area contributed by atoms with Crippen LogP contribution in [0.1, 0.15) is 18.2 Å². The number of benzene rings is 1. The first-order valence-electron chi connectivity index (χ1n) is 6.65. The SMILES string of the molecule is CCn1ccc(CN(C)Cc2cc(Cl)ccc2OC)n1. The van der Waals surface area contributed by atoms with Gasteiger partial charge in [-0.2, -0.15) is 5.10 Å². The van der Waals surface area contributed by atoms with Gasteiger partial charge in [-0.05, 0) is 38.2 Å². The molecule has 2 rings (SSSR count). The summed E-state index contributed by atoms with van der Waals surface area (Å²) in [4.78, 5) is 2.19. The molecular formula is C15H20ClN3O. The number of rotatable bonds is 6. The Labute approximate surface area is 124 Å². The van der Waals surface area contributed by atoms with Gasteiger partial charge >= 0.3 is 0 Å². The zero-order valence-corrected chi connectivity index (χ0v) is 12.9. The number of nitrogens with zero attached hydrogens (tertiary/aromatic N) is 3. The third kappa shape index (κ3) is 3.74. The Kier molecular flexibility index (Phi) is 5.04. The van der Waals surface area contributed by atoms with E-state index in [1.165, 1.54) is 0 Å². The molecule has 1 aromatic heterocycles. The van der Waals surface area contributed by atoms with E-state index in [1.54, 1.807) is 7.11 Å². The molecule has 0 bridgehead atoms. The summed E-state index contributed by atoms with van der Waals surface area (Å²) >= 11 is 6.05. The minimum Gasteiger partial charge on any atom is -0.496 e. The van der Waals surface area contributed by atoms with Crippen molar-refractivity contribution in [1.82, 2.24) is 14.7 Å². The first-order valence-corrected chi connectivity index (χ1v) is 7.03. The summed E-state index contributed by atoms with van der Waals surface area (Å²) in [6.45, 7) is 4.54. The fraction of sp³-hybridized carbons (Fsp3) is 0.400. The Bertz CT molecular complexity index is 568. The van der Waals surface area contributed by atoms with Gasteiger partial charge in [0.05, 0.1) is 12.8 Å². The molecule has 5 heteroatoms. The van der Waals surface area contributed by atoms with Crippen LogP contribution in [0.25, 0.3) is 0 Å². The standard InChI is InChI=1S/C15H20ClN3O/c1-4-19-8-7-14(17-19)11-18(2)10-12-9-13(16)5-6-15(12)20-3/h5-9H,4,10-11H2,1-3H3. The summed E-state index contributed by atoms with van der Waals surface area (Å²) in [6.07, 6.45) is 2.00. The summed E-state index contributed by atoms with van der Waals surface area (Å²) in [5, 5.41) is 5.21. The maximum absolute atomic E-state index is 6.05. The third-order valence-electron chi connectivity index (χ3n) is 3.13. The van der Waals surface area contributed by atoms with E-state index < -0.39 is 0 Å². The van der Waals surface area contributed by atoms with Crippen molar-refractivity contribution in [2.45, 2.75) is 26.6 Å². The molecule has 20 heavy (non-hydrogen) atoms. The highest BCUT2D eigenvalue weighted by Gasteiger charge is 2.09. The summed E-state index contributed by atoms with van der Waals surface area (Å²) < 4.78 is 7.30. The number of hydrogen-bond acceptors (Lipinski definition) is 3. The zero-order valence-electron chi connectivity index (χ0n) is 12.1. The van der Waals surface area contributed by atoms with Crippen LogP contribution in [0.2, 0.25) is 5.02 Å². The van der Waals surface area contributed by atoms with Crippen LogP contribution in [-0.4, -0.2) is 28.8 Å². The van der Waals surface area contributed by atoms with Crippen LogP contribution in [0, 0.1) is 0 Å². The first kappa shape index (κ1) is 14.9. The Balaban J connectivity index is 2.03. The number of aromatic nitrogens is 2. The summed E-state index contributed by atoms with van der Waals surface area (Å²) in [6, 6.07) is 7.74. The highest BCUT2D eigenvalue weighted by atomic mass is 35.5. The molecule has 1 heterocycles. The van der Waals surface area contributed by atoms with Gasteiger partial charge in [0.1, 0.15) is 5.75 Å². The minimum atomic E-state index is 0.726. The fourth-order valence-electron chi connectivity index (χ4n) is 2.16. The largest absolute Gasteiger partial charge is 0.496 e. The first-order chi connectivity index (χ1) is 9.62. The van der Waals surface area contributed by atoms with Crippen molar-refractivity contribution in [3.8, 4) is 5.75 Å². The number of aryl methyl sites for hydroxylation is 1. The van der Waals surface area contributed by atoms with Crippen LogP contribution < -0.4 is 4.74 Å². The predicted molar refractivity (Wildman–Crippen MR) is 81.1 cm³/mol. The molecule has 0 saturated heterocycles. The van der Waals surface area contributed by atoms with Crippen molar-refractivity contribution in [1.29, 1.82) is 0 Å². The highest BCUT2D eigenvalue weighted by Crippen LogP contribution is 2.24. The second kappa shape index (κ2) is 6.77. The molecule has 0 spiro atoms. The van der Waals surface area contributed by atoms with Crippen molar-refractivity contribution in [2.24, 2.45) is 0 Å². The van der Waals surface area contributed by atoms with E-state index >= 15 is 0 Å². The molecule has 1 aromatic carbocycles. The Hall–Kier alpha value is -1.52. The molecular weight excluding hydrogens is 274 g/mol. The van der Waals surface area contributed by atoms with E-state index in [0.717, 1.165) is 41.7 Å². The van der Waals surface area contributed by atoms with Crippen molar-refractivity contribution in [3.05, 3.63) is 46.7 Å². The van der Waals surface area contributed by atoms with Crippen LogP contribution >= 0.6 is 11.6 Å². The monoisotopic (exact) mass is 293 g/mol.